The van der Waals surface area contributed by atoms with E-state index in [4.69, 9.17) is 0 Å². The van der Waals surface area contributed by atoms with Gasteiger partial charge in [0.25, 0.3) is 0 Å². The van der Waals surface area contributed by atoms with Crippen molar-refractivity contribution in [1.29, 1.82) is 0 Å². The second kappa shape index (κ2) is 4.61. The van der Waals surface area contributed by atoms with E-state index in [9.17, 15) is 4.39 Å². The molecule has 0 aliphatic carbocycles. The number of pyridine rings is 1. The van der Waals surface area contributed by atoms with Crippen LogP contribution in [-0.4, -0.2) is 12.0 Å². The van der Waals surface area contributed by atoms with Gasteiger partial charge in [0, 0.05) is 12.7 Å². The second-order valence-corrected chi connectivity index (χ2v) is 3.35. The average molecular weight is 217 g/mol. The van der Waals surface area contributed by atoms with E-state index in [1.165, 1.54) is 12.1 Å². The van der Waals surface area contributed by atoms with E-state index in [0.29, 0.717) is 5.69 Å². The molecule has 82 valence electrons. The molecule has 0 spiro atoms. The van der Waals surface area contributed by atoms with Crippen molar-refractivity contribution >= 4 is 17.1 Å². The van der Waals surface area contributed by atoms with Crippen molar-refractivity contribution in [3.8, 4) is 0 Å². The van der Waals surface area contributed by atoms with Gasteiger partial charge in [-0.25, -0.2) is 4.39 Å². The van der Waals surface area contributed by atoms with E-state index < -0.39 is 0 Å². The summed E-state index contributed by atoms with van der Waals surface area (Å²) >= 11 is 0. The normalized spacial score (nSPS) is 9.88. The van der Waals surface area contributed by atoms with Gasteiger partial charge in [0.15, 0.2) is 0 Å². The molecular formula is C12H12FN3. The Morgan fingerprint density at radius 3 is 2.62 bits per heavy atom. The Bertz CT molecular complexity index is 485. The predicted molar refractivity (Wildman–Crippen MR) is 63.5 cm³/mol. The maximum absolute atomic E-state index is 12.9. The largest absolute Gasteiger partial charge is 0.387 e. The van der Waals surface area contributed by atoms with E-state index in [-0.39, 0.29) is 5.82 Å². The van der Waals surface area contributed by atoms with Gasteiger partial charge in [-0.05, 0) is 24.3 Å². The maximum atomic E-state index is 12.9. The van der Waals surface area contributed by atoms with Crippen LogP contribution in [0.2, 0.25) is 0 Å². The van der Waals surface area contributed by atoms with Gasteiger partial charge in [0.1, 0.15) is 5.82 Å². The van der Waals surface area contributed by atoms with Crippen molar-refractivity contribution in [1.82, 2.24) is 4.98 Å². The van der Waals surface area contributed by atoms with Crippen molar-refractivity contribution in [2.24, 2.45) is 0 Å². The number of nitrogens with zero attached hydrogens (tertiary/aromatic N) is 1. The molecule has 0 saturated heterocycles. The lowest BCUT2D eigenvalue weighted by Gasteiger charge is -2.07. The summed E-state index contributed by atoms with van der Waals surface area (Å²) in [6, 6.07) is 8.21. The average Bonchev–Trinajstić information content (AvgIpc) is 2.29. The Morgan fingerprint density at radius 1 is 1.06 bits per heavy atom. The zero-order chi connectivity index (χ0) is 11.4. The van der Waals surface area contributed by atoms with Crippen LogP contribution in [0.4, 0.5) is 21.5 Å². The zero-order valence-corrected chi connectivity index (χ0v) is 8.87. The van der Waals surface area contributed by atoms with Gasteiger partial charge in [-0.3, -0.25) is 4.98 Å². The monoisotopic (exact) mass is 217 g/mol. The molecule has 0 unspecified atom stereocenters. The summed E-state index contributed by atoms with van der Waals surface area (Å²) in [6.45, 7) is 0. The number of nitrogens with one attached hydrogen (secondary N) is 2. The first-order valence-electron chi connectivity index (χ1n) is 4.93. The molecule has 1 heterocycles. The highest BCUT2D eigenvalue weighted by molar-refractivity contribution is 5.62. The molecule has 3 nitrogen and oxygen atoms in total. The summed E-state index contributed by atoms with van der Waals surface area (Å²) in [5.41, 5.74) is 2.42. The predicted octanol–water partition coefficient (Wildman–Crippen LogP) is 3.01. The van der Waals surface area contributed by atoms with E-state index in [1.807, 2.05) is 13.1 Å². The third-order valence-corrected chi connectivity index (χ3v) is 2.14. The topological polar surface area (TPSA) is 37.0 Å². The smallest absolute Gasteiger partial charge is 0.125 e. The molecule has 2 rings (SSSR count). The van der Waals surface area contributed by atoms with Gasteiger partial charge in [0.2, 0.25) is 0 Å². The molecule has 0 atom stereocenters. The zero-order valence-electron chi connectivity index (χ0n) is 8.87. The number of hydrogen-bond donors (Lipinski definition) is 2. The van der Waals surface area contributed by atoms with Crippen molar-refractivity contribution in [3.63, 3.8) is 0 Å². The number of benzene rings is 1. The first kappa shape index (κ1) is 10.4. The summed E-state index contributed by atoms with van der Waals surface area (Å²) in [6.07, 6.45) is 3.41. The second-order valence-electron chi connectivity index (χ2n) is 3.35. The van der Waals surface area contributed by atoms with Crippen LogP contribution >= 0.6 is 0 Å². The Kier molecular flexibility index (Phi) is 3.00. The lowest BCUT2D eigenvalue weighted by Crippen LogP contribution is -1.94. The fraction of sp³-hybridized carbons (Fsp3) is 0.0833. The van der Waals surface area contributed by atoms with Crippen LogP contribution < -0.4 is 10.6 Å². The molecule has 0 saturated carbocycles. The number of rotatable bonds is 3. The van der Waals surface area contributed by atoms with Gasteiger partial charge in [0.05, 0.1) is 23.8 Å². The molecule has 0 aliphatic rings. The van der Waals surface area contributed by atoms with Crippen LogP contribution in [0, 0.1) is 5.82 Å². The minimum absolute atomic E-state index is 0.261. The molecule has 1 aromatic heterocycles. The molecule has 2 aromatic rings. The van der Waals surface area contributed by atoms with Crippen LogP contribution in [0.3, 0.4) is 0 Å². The van der Waals surface area contributed by atoms with Gasteiger partial charge < -0.3 is 10.6 Å². The minimum atomic E-state index is -0.261. The molecule has 0 radical (unpaired) electrons. The molecule has 0 aliphatic heterocycles. The minimum Gasteiger partial charge on any atom is -0.387 e. The van der Waals surface area contributed by atoms with E-state index in [0.717, 1.165) is 11.4 Å². The fourth-order valence-corrected chi connectivity index (χ4v) is 1.38. The van der Waals surface area contributed by atoms with Crippen molar-refractivity contribution in [2.75, 3.05) is 17.7 Å². The summed E-state index contributed by atoms with van der Waals surface area (Å²) in [4.78, 5) is 4.06. The Morgan fingerprint density at radius 2 is 1.88 bits per heavy atom. The van der Waals surface area contributed by atoms with E-state index >= 15 is 0 Å². The number of aromatic nitrogens is 1. The van der Waals surface area contributed by atoms with Gasteiger partial charge in [-0.2, -0.15) is 0 Å². The Balaban J connectivity index is 2.20. The number of anilines is 3. The summed E-state index contributed by atoms with van der Waals surface area (Å²) < 4.78 is 12.9. The lowest BCUT2D eigenvalue weighted by atomic mass is 10.3. The maximum Gasteiger partial charge on any atom is 0.125 e. The quantitative estimate of drug-likeness (QED) is 0.829. The third-order valence-electron chi connectivity index (χ3n) is 2.14. The lowest BCUT2D eigenvalue weighted by molar-refractivity contribution is 0.628. The molecule has 16 heavy (non-hydrogen) atoms. The summed E-state index contributed by atoms with van der Waals surface area (Å²) in [5, 5.41) is 6.06. The highest BCUT2D eigenvalue weighted by atomic mass is 19.1. The van der Waals surface area contributed by atoms with Gasteiger partial charge >= 0.3 is 0 Å². The molecule has 1 aromatic carbocycles. The van der Waals surface area contributed by atoms with Crippen LogP contribution in [0.15, 0.2) is 42.7 Å². The van der Waals surface area contributed by atoms with E-state index in [1.54, 1.807) is 24.5 Å². The molecule has 0 amide bonds. The first-order valence-corrected chi connectivity index (χ1v) is 4.93. The van der Waals surface area contributed by atoms with Crippen LogP contribution in [0.1, 0.15) is 0 Å². The third kappa shape index (κ3) is 2.48. The first-order chi connectivity index (χ1) is 7.78. The molecular weight excluding hydrogens is 205 g/mol. The molecule has 0 bridgehead atoms. The van der Waals surface area contributed by atoms with E-state index in [2.05, 4.69) is 15.6 Å². The molecule has 2 N–H and O–H groups in total. The highest BCUT2D eigenvalue weighted by Gasteiger charge is 1.97. The van der Waals surface area contributed by atoms with Crippen molar-refractivity contribution in [3.05, 3.63) is 48.5 Å². The standard InChI is InChI=1S/C12H12FN3/c1-14-11-6-12(8-15-7-11)16-10-4-2-3-9(13)5-10/h2-8,14,16H,1H3. The summed E-state index contributed by atoms with van der Waals surface area (Å²) in [7, 11) is 1.82. The molecule has 4 heteroatoms. The Labute approximate surface area is 93.3 Å². The van der Waals surface area contributed by atoms with Crippen molar-refractivity contribution in [2.45, 2.75) is 0 Å². The molecule has 0 fully saturated rings. The highest BCUT2D eigenvalue weighted by Crippen LogP contribution is 2.18. The Hall–Kier alpha value is -2.10. The number of hydrogen-bond acceptors (Lipinski definition) is 3. The SMILES string of the molecule is CNc1cncc(Nc2cccc(F)c2)c1. The van der Waals surface area contributed by atoms with Gasteiger partial charge in [-0.15, -0.1) is 0 Å². The van der Waals surface area contributed by atoms with Gasteiger partial charge in [-0.1, -0.05) is 6.07 Å². The van der Waals surface area contributed by atoms with Crippen LogP contribution in [0.25, 0.3) is 0 Å². The number of halogens is 1. The fourth-order valence-electron chi connectivity index (χ4n) is 1.38. The van der Waals surface area contributed by atoms with Crippen molar-refractivity contribution < 1.29 is 4.39 Å². The van der Waals surface area contributed by atoms with Crippen LogP contribution in [0.5, 0.6) is 0 Å². The summed E-state index contributed by atoms with van der Waals surface area (Å²) in [5.74, 6) is -0.261. The van der Waals surface area contributed by atoms with Crippen LogP contribution in [-0.2, 0) is 0 Å².